The molecule has 0 spiro atoms. The molecular formula is C14H25N3O2. The van der Waals surface area contributed by atoms with Crippen molar-refractivity contribution >= 4 is 11.8 Å². The van der Waals surface area contributed by atoms with Crippen LogP contribution in [0.1, 0.15) is 20.8 Å². The second kappa shape index (κ2) is 5.90. The molecule has 5 heteroatoms. The normalized spacial score (nSPS) is 28.0. The van der Waals surface area contributed by atoms with Crippen molar-refractivity contribution in [2.24, 2.45) is 17.8 Å². The number of nitrogens with one attached hydrogen (secondary N) is 1. The summed E-state index contributed by atoms with van der Waals surface area (Å²) < 4.78 is 0. The van der Waals surface area contributed by atoms with Crippen molar-refractivity contribution in [3.8, 4) is 0 Å². The van der Waals surface area contributed by atoms with E-state index in [1.165, 1.54) is 0 Å². The number of hydrogen-bond acceptors (Lipinski definition) is 3. The SMILES string of the molecule is CC(C)C(=O)N1CCN(C(=O)[C@@H]2CNC[C@H]2C)CC1. The molecule has 0 saturated carbocycles. The minimum Gasteiger partial charge on any atom is -0.339 e. The standard InChI is InChI=1S/C14H25N3O2/c1-10(2)13(18)16-4-6-17(7-5-16)14(19)12-9-15-8-11(12)3/h10-12,15H,4-9H2,1-3H3/t11-,12-/m1/s1. The highest BCUT2D eigenvalue weighted by molar-refractivity contribution is 5.81. The summed E-state index contributed by atoms with van der Waals surface area (Å²) in [5.74, 6) is 1.04. The molecular weight excluding hydrogens is 242 g/mol. The van der Waals surface area contributed by atoms with Crippen LogP contribution >= 0.6 is 0 Å². The highest BCUT2D eigenvalue weighted by atomic mass is 16.2. The van der Waals surface area contributed by atoms with Crippen LogP contribution in [-0.4, -0.2) is 60.9 Å². The van der Waals surface area contributed by atoms with Gasteiger partial charge in [-0.3, -0.25) is 9.59 Å². The monoisotopic (exact) mass is 267 g/mol. The molecule has 0 aromatic heterocycles. The number of amides is 2. The van der Waals surface area contributed by atoms with Gasteiger partial charge in [0, 0.05) is 38.6 Å². The van der Waals surface area contributed by atoms with Gasteiger partial charge in [0.2, 0.25) is 11.8 Å². The maximum atomic E-state index is 12.4. The second-order valence-corrected chi connectivity index (χ2v) is 6.05. The second-order valence-electron chi connectivity index (χ2n) is 6.05. The number of rotatable bonds is 2. The Kier molecular flexibility index (Phi) is 4.45. The summed E-state index contributed by atoms with van der Waals surface area (Å²) >= 11 is 0. The van der Waals surface area contributed by atoms with E-state index in [-0.39, 0.29) is 23.7 Å². The van der Waals surface area contributed by atoms with Gasteiger partial charge in [-0.1, -0.05) is 20.8 Å². The molecule has 108 valence electrons. The van der Waals surface area contributed by atoms with E-state index >= 15 is 0 Å². The Hall–Kier alpha value is -1.10. The summed E-state index contributed by atoms with van der Waals surface area (Å²) in [6, 6.07) is 0. The van der Waals surface area contributed by atoms with Gasteiger partial charge in [0.1, 0.15) is 0 Å². The van der Waals surface area contributed by atoms with Crippen LogP contribution in [0.25, 0.3) is 0 Å². The van der Waals surface area contributed by atoms with Gasteiger partial charge < -0.3 is 15.1 Å². The lowest BCUT2D eigenvalue weighted by Crippen LogP contribution is -2.53. The maximum Gasteiger partial charge on any atom is 0.227 e. The molecule has 5 nitrogen and oxygen atoms in total. The quantitative estimate of drug-likeness (QED) is 0.776. The molecule has 0 unspecified atom stereocenters. The van der Waals surface area contributed by atoms with E-state index in [1.54, 1.807) is 0 Å². The fourth-order valence-corrected chi connectivity index (χ4v) is 2.89. The summed E-state index contributed by atoms with van der Waals surface area (Å²) in [6.07, 6.45) is 0. The predicted molar refractivity (Wildman–Crippen MR) is 73.5 cm³/mol. The van der Waals surface area contributed by atoms with Crippen LogP contribution in [0.5, 0.6) is 0 Å². The van der Waals surface area contributed by atoms with Gasteiger partial charge in [-0.05, 0) is 12.5 Å². The Morgan fingerprint density at radius 1 is 1.05 bits per heavy atom. The van der Waals surface area contributed by atoms with Crippen molar-refractivity contribution in [3.63, 3.8) is 0 Å². The number of carbonyl (C=O) groups is 2. The highest BCUT2D eigenvalue weighted by Crippen LogP contribution is 2.19. The summed E-state index contributed by atoms with van der Waals surface area (Å²) in [4.78, 5) is 28.1. The minimum absolute atomic E-state index is 0.0429. The van der Waals surface area contributed by atoms with Crippen LogP contribution in [0, 0.1) is 17.8 Å². The van der Waals surface area contributed by atoms with Gasteiger partial charge in [-0.2, -0.15) is 0 Å². The zero-order valence-corrected chi connectivity index (χ0v) is 12.2. The maximum absolute atomic E-state index is 12.4. The fourth-order valence-electron chi connectivity index (χ4n) is 2.89. The zero-order valence-electron chi connectivity index (χ0n) is 12.2. The van der Waals surface area contributed by atoms with Crippen LogP contribution in [0.15, 0.2) is 0 Å². The van der Waals surface area contributed by atoms with Crippen molar-refractivity contribution < 1.29 is 9.59 Å². The third-order valence-electron chi connectivity index (χ3n) is 4.23. The molecule has 2 saturated heterocycles. The summed E-state index contributed by atoms with van der Waals surface area (Å²) in [5.41, 5.74) is 0. The molecule has 2 aliphatic rings. The first-order chi connectivity index (χ1) is 9.00. The Morgan fingerprint density at radius 3 is 2.11 bits per heavy atom. The van der Waals surface area contributed by atoms with E-state index < -0.39 is 0 Å². The van der Waals surface area contributed by atoms with E-state index in [1.807, 2.05) is 23.6 Å². The molecule has 2 rings (SSSR count). The Bertz CT molecular complexity index is 349. The molecule has 2 amide bonds. The summed E-state index contributed by atoms with van der Waals surface area (Å²) in [7, 11) is 0. The molecule has 0 radical (unpaired) electrons. The Balaban J connectivity index is 1.86. The molecule has 2 heterocycles. The Labute approximate surface area is 115 Å². The van der Waals surface area contributed by atoms with Crippen molar-refractivity contribution in [1.82, 2.24) is 15.1 Å². The average Bonchev–Trinajstić information content (AvgIpc) is 2.83. The average molecular weight is 267 g/mol. The van der Waals surface area contributed by atoms with Gasteiger partial charge in [-0.25, -0.2) is 0 Å². The highest BCUT2D eigenvalue weighted by Gasteiger charge is 2.34. The van der Waals surface area contributed by atoms with Crippen LogP contribution in [-0.2, 0) is 9.59 Å². The molecule has 0 bridgehead atoms. The lowest BCUT2D eigenvalue weighted by Gasteiger charge is -2.37. The first-order valence-electron chi connectivity index (χ1n) is 7.29. The predicted octanol–water partition coefficient (Wildman–Crippen LogP) is 0.169. The van der Waals surface area contributed by atoms with E-state index in [2.05, 4.69) is 12.2 Å². The lowest BCUT2D eigenvalue weighted by molar-refractivity contribution is -0.143. The summed E-state index contributed by atoms with van der Waals surface area (Å²) in [5, 5.41) is 3.27. The van der Waals surface area contributed by atoms with Gasteiger partial charge in [0.25, 0.3) is 0 Å². The van der Waals surface area contributed by atoms with Crippen LogP contribution in [0.3, 0.4) is 0 Å². The molecule has 2 fully saturated rings. The van der Waals surface area contributed by atoms with E-state index in [0.29, 0.717) is 32.1 Å². The van der Waals surface area contributed by atoms with Crippen LogP contribution in [0.2, 0.25) is 0 Å². The van der Waals surface area contributed by atoms with Crippen molar-refractivity contribution in [3.05, 3.63) is 0 Å². The first-order valence-corrected chi connectivity index (χ1v) is 7.29. The first kappa shape index (κ1) is 14.3. The molecule has 0 aromatic carbocycles. The van der Waals surface area contributed by atoms with Crippen LogP contribution in [0.4, 0.5) is 0 Å². The number of nitrogens with zero attached hydrogens (tertiary/aromatic N) is 2. The third kappa shape index (κ3) is 3.08. The smallest absolute Gasteiger partial charge is 0.227 e. The molecule has 2 aliphatic heterocycles. The number of hydrogen-bond donors (Lipinski definition) is 1. The topological polar surface area (TPSA) is 52.7 Å². The van der Waals surface area contributed by atoms with Crippen molar-refractivity contribution in [1.29, 1.82) is 0 Å². The van der Waals surface area contributed by atoms with Gasteiger partial charge in [0.15, 0.2) is 0 Å². The molecule has 2 atom stereocenters. The number of carbonyl (C=O) groups excluding carboxylic acids is 2. The van der Waals surface area contributed by atoms with E-state index in [4.69, 9.17) is 0 Å². The van der Waals surface area contributed by atoms with Gasteiger partial charge in [0.05, 0.1) is 5.92 Å². The molecule has 1 N–H and O–H groups in total. The van der Waals surface area contributed by atoms with E-state index in [9.17, 15) is 9.59 Å². The largest absolute Gasteiger partial charge is 0.339 e. The lowest BCUT2D eigenvalue weighted by atomic mass is 9.96. The van der Waals surface area contributed by atoms with Crippen LogP contribution < -0.4 is 5.32 Å². The number of piperazine rings is 1. The van der Waals surface area contributed by atoms with Gasteiger partial charge >= 0.3 is 0 Å². The third-order valence-corrected chi connectivity index (χ3v) is 4.23. The van der Waals surface area contributed by atoms with Gasteiger partial charge in [-0.15, -0.1) is 0 Å². The Morgan fingerprint density at radius 2 is 1.63 bits per heavy atom. The molecule has 0 aliphatic carbocycles. The zero-order chi connectivity index (χ0) is 14.0. The fraction of sp³-hybridized carbons (Fsp3) is 0.857. The van der Waals surface area contributed by atoms with E-state index in [0.717, 1.165) is 13.1 Å². The molecule has 19 heavy (non-hydrogen) atoms. The van der Waals surface area contributed by atoms with Crippen molar-refractivity contribution in [2.45, 2.75) is 20.8 Å². The minimum atomic E-state index is 0.0429. The van der Waals surface area contributed by atoms with Crippen molar-refractivity contribution in [2.75, 3.05) is 39.3 Å². The molecule has 0 aromatic rings. The summed E-state index contributed by atoms with van der Waals surface area (Å²) in [6.45, 7) is 10.4.